The number of nitrogens with one attached hydrogen (secondary N) is 3. The van der Waals surface area contributed by atoms with E-state index in [9.17, 15) is 4.79 Å². The summed E-state index contributed by atoms with van der Waals surface area (Å²) in [5.41, 5.74) is 3.11. The van der Waals surface area contributed by atoms with Crippen molar-refractivity contribution in [2.24, 2.45) is 0 Å². The second-order valence-electron chi connectivity index (χ2n) is 6.31. The van der Waals surface area contributed by atoms with Gasteiger partial charge in [0, 0.05) is 38.4 Å². The number of nitrogens with zero attached hydrogens (tertiary/aromatic N) is 2. The van der Waals surface area contributed by atoms with Crippen LogP contribution in [-0.4, -0.2) is 60.0 Å². The lowest BCUT2D eigenvalue weighted by molar-refractivity contribution is 0.0349. The Labute approximate surface area is 147 Å². The zero-order chi connectivity index (χ0) is 17.5. The molecule has 2 heterocycles. The topological polar surface area (TPSA) is 82.3 Å². The Morgan fingerprint density at radius 2 is 2.04 bits per heavy atom. The van der Waals surface area contributed by atoms with Crippen LogP contribution in [0.2, 0.25) is 0 Å². The van der Waals surface area contributed by atoms with Crippen LogP contribution >= 0.6 is 0 Å². The Hall–Kier alpha value is -2.38. The summed E-state index contributed by atoms with van der Waals surface area (Å²) in [6, 6.07) is 9.93. The number of carbonyl (C=O) groups excluding carboxylic acids is 1. The number of carbonyl (C=O) groups is 1. The van der Waals surface area contributed by atoms with Gasteiger partial charge in [-0.05, 0) is 24.1 Å². The van der Waals surface area contributed by atoms with Gasteiger partial charge in [-0.25, -0.2) is 4.79 Å². The van der Waals surface area contributed by atoms with Crippen molar-refractivity contribution in [3.8, 4) is 11.3 Å². The predicted molar refractivity (Wildman–Crippen MR) is 96.1 cm³/mol. The van der Waals surface area contributed by atoms with Gasteiger partial charge in [0.2, 0.25) is 0 Å². The molecule has 134 valence electrons. The molecule has 3 rings (SSSR count). The van der Waals surface area contributed by atoms with Crippen LogP contribution < -0.4 is 10.6 Å². The number of hydrogen-bond acceptors (Lipinski definition) is 4. The third kappa shape index (κ3) is 5.30. The average Bonchev–Trinajstić information content (AvgIpc) is 3.16. The molecule has 0 bridgehead atoms. The zero-order valence-electron chi connectivity index (χ0n) is 14.5. The van der Waals surface area contributed by atoms with E-state index in [4.69, 9.17) is 4.74 Å². The van der Waals surface area contributed by atoms with Crippen molar-refractivity contribution in [3.05, 3.63) is 42.1 Å². The molecule has 0 radical (unpaired) electrons. The highest BCUT2D eigenvalue weighted by Gasteiger charge is 2.15. The quantitative estimate of drug-likeness (QED) is 0.744. The second-order valence-corrected chi connectivity index (χ2v) is 6.31. The Bertz CT molecular complexity index is 651. The van der Waals surface area contributed by atoms with Crippen molar-refractivity contribution in [1.82, 2.24) is 25.7 Å². The molecule has 0 unspecified atom stereocenters. The van der Waals surface area contributed by atoms with Crippen LogP contribution in [0.1, 0.15) is 12.5 Å². The molecular formula is C18H25N5O2. The molecule has 7 heteroatoms. The first-order chi connectivity index (χ1) is 12.2. The fraction of sp³-hybridized carbons (Fsp3) is 0.444. The van der Waals surface area contributed by atoms with Crippen molar-refractivity contribution in [2.45, 2.75) is 19.5 Å². The van der Waals surface area contributed by atoms with Gasteiger partial charge in [0.25, 0.3) is 0 Å². The fourth-order valence-electron chi connectivity index (χ4n) is 2.89. The fourth-order valence-corrected chi connectivity index (χ4v) is 2.89. The van der Waals surface area contributed by atoms with Gasteiger partial charge in [0.15, 0.2) is 0 Å². The van der Waals surface area contributed by atoms with Gasteiger partial charge in [0.1, 0.15) is 0 Å². The maximum absolute atomic E-state index is 12.0. The molecule has 3 N–H and O–H groups in total. The normalized spacial score (nSPS) is 16.4. The lowest BCUT2D eigenvalue weighted by Gasteiger charge is -2.29. The lowest BCUT2D eigenvalue weighted by atomic mass is 10.1. The molecule has 0 saturated carbocycles. The third-order valence-corrected chi connectivity index (χ3v) is 4.23. The van der Waals surface area contributed by atoms with Crippen LogP contribution in [0, 0.1) is 0 Å². The first-order valence-corrected chi connectivity index (χ1v) is 8.64. The first kappa shape index (κ1) is 17.4. The molecule has 0 spiro atoms. The Morgan fingerprint density at radius 3 is 2.72 bits per heavy atom. The number of amides is 2. The minimum atomic E-state index is -0.140. The lowest BCUT2D eigenvalue weighted by Crippen LogP contribution is -2.48. The van der Waals surface area contributed by atoms with Crippen LogP contribution in [0.4, 0.5) is 4.79 Å². The minimum absolute atomic E-state index is 0.0980. The number of aromatic amines is 1. The van der Waals surface area contributed by atoms with Gasteiger partial charge in [-0.3, -0.25) is 10.00 Å². The molecule has 7 nitrogen and oxygen atoms in total. The van der Waals surface area contributed by atoms with Gasteiger partial charge in [-0.2, -0.15) is 5.10 Å². The smallest absolute Gasteiger partial charge is 0.315 e. The highest BCUT2D eigenvalue weighted by atomic mass is 16.5. The van der Waals surface area contributed by atoms with Gasteiger partial charge < -0.3 is 15.4 Å². The van der Waals surface area contributed by atoms with Gasteiger partial charge in [0.05, 0.1) is 18.9 Å². The SMILES string of the molecule is C[C@@H](CN1CCOCC1)NC(=O)NCc1ccc(-c2ccn[nH]2)cc1. The summed E-state index contributed by atoms with van der Waals surface area (Å²) in [5.74, 6) is 0. The molecule has 1 atom stereocenters. The van der Waals surface area contributed by atoms with Crippen LogP contribution in [0.15, 0.2) is 36.5 Å². The minimum Gasteiger partial charge on any atom is -0.379 e. The molecule has 1 aromatic carbocycles. The third-order valence-electron chi connectivity index (χ3n) is 4.23. The summed E-state index contributed by atoms with van der Waals surface area (Å²) in [7, 11) is 0. The zero-order valence-corrected chi connectivity index (χ0v) is 14.5. The Balaban J connectivity index is 1.41. The molecular weight excluding hydrogens is 318 g/mol. The number of urea groups is 1. The Morgan fingerprint density at radius 1 is 1.28 bits per heavy atom. The molecule has 0 aliphatic carbocycles. The average molecular weight is 343 g/mol. The molecule has 1 aliphatic heterocycles. The van der Waals surface area contributed by atoms with E-state index in [0.717, 1.165) is 49.7 Å². The second kappa shape index (κ2) is 8.64. The molecule has 2 amide bonds. The largest absolute Gasteiger partial charge is 0.379 e. The van der Waals surface area contributed by atoms with Gasteiger partial charge in [-0.1, -0.05) is 24.3 Å². The summed E-state index contributed by atoms with van der Waals surface area (Å²) in [6.07, 6.45) is 1.73. The number of rotatable bonds is 6. The molecule has 1 saturated heterocycles. The highest BCUT2D eigenvalue weighted by molar-refractivity contribution is 5.74. The first-order valence-electron chi connectivity index (χ1n) is 8.64. The van der Waals surface area contributed by atoms with E-state index >= 15 is 0 Å². The van der Waals surface area contributed by atoms with Crippen molar-refractivity contribution in [3.63, 3.8) is 0 Å². The van der Waals surface area contributed by atoms with Crippen LogP contribution in [0.5, 0.6) is 0 Å². The van der Waals surface area contributed by atoms with Crippen LogP contribution in [0.25, 0.3) is 11.3 Å². The molecule has 2 aromatic rings. The summed E-state index contributed by atoms with van der Waals surface area (Å²) in [5, 5.41) is 12.8. The monoisotopic (exact) mass is 343 g/mol. The van der Waals surface area contributed by atoms with E-state index in [0.29, 0.717) is 6.54 Å². The molecule has 25 heavy (non-hydrogen) atoms. The van der Waals surface area contributed by atoms with Crippen molar-refractivity contribution >= 4 is 6.03 Å². The number of H-pyrrole nitrogens is 1. The van der Waals surface area contributed by atoms with Crippen LogP contribution in [-0.2, 0) is 11.3 Å². The van der Waals surface area contributed by atoms with Crippen LogP contribution in [0.3, 0.4) is 0 Å². The van der Waals surface area contributed by atoms with Gasteiger partial charge in [-0.15, -0.1) is 0 Å². The van der Waals surface area contributed by atoms with Crippen molar-refractivity contribution in [1.29, 1.82) is 0 Å². The van der Waals surface area contributed by atoms with E-state index < -0.39 is 0 Å². The number of aromatic nitrogens is 2. The van der Waals surface area contributed by atoms with E-state index in [2.05, 4.69) is 25.7 Å². The van der Waals surface area contributed by atoms with E-state index in [1.165, 1.54) is 0 Å². The molecule has 1 aliphatic rings. The Kier molecular flexibility index (Phi) is 6.03. The summed E-state index contributed by atoms with van der Waals surface area (Å²) in [4.78, 5) is 14.4. The molecule has 1 aromatic heterocycles. The molecule has 1 fully saturated rings. The standard InChI is InChI=1S/C18H25N5O2/c1-14(13-23-8-10-25-11-9-23)21-18(24)19-12-15-2-4-16(5-3-15)17-6-7-20-22-17/h2-7,14H,8-13H2,1H3,(H,20,22)(H2,19,21,24)/t14-/m0/s1. The maximum Gasteiger partial charge on any atom is 0.315 e. The number of ether oxygens (including phenoxy) is 1. The summed E-state index contributed by atoms with van der Waals surface area (Å²) >= 11 is 0. The van der Waals surface area contributed by atoms with Crippen molar-refractivity contribution < 1.29 is 9.53 Å². The predicted octanol–water partition coefficient (Wildman–Crippen LogP) is 1.60. The van der Waals surface area contributed by atoms with E-state index in [1.807, 2.05) is 37.3 Å². The maximum atomic E-state index is 12.0. The number of morpholine rings is 1. The number of hydrogen-bond donors (Lipinski definition) is 3. The summed E-state index contributed by atoms with van der Waals surface area (Å²) < 4.78 is 5.34. The summed E-state index contributed by atoms with van der Waals surface area (Å²) in [6.45, 7) is 6.76. The van der Waals surface area contributed by atoms with E-state index in [1.54, 1.807) is 6.20 Å². The number of benzene rings is 1. The van der Waals surface area contributed by atoms with Crippen molar-refractivity contribution in [2.75, 3.05) is 32.8 Å². The highest BCUT2D eigenvalue weighted by Crippen LogP contribution is 2.16. The van der Waals surface area contributed by atoms with E-state index in [-0.39, 0.29) is 12.1 Å². The van der Waals surface area contributed by atoms with Gasteiger partial charge >= 0.3 is 6.03 Å².